The van der Waals surface area contributed by atoms with Gasteiger partial charge >= 0.3 is 0 Å². The van der Waals surface area contributed by atoms with E-state index in [-0.39, 0.29) is 5.82 Å². The summed E-state index contributed by atoms with van der Waals surface area (Å²) in [5.74, 6) is 0.561. The average molecular weight is 262 g/mol. The van der Waals surface area contributed by atoms with Gasteiger partial charge in [0.15, 0.2) is 0 Å². The van der Waals surface area contributed by atoms with Crippen molar-refractivity contribution in [3.63, 3.8) is 0 Å². The van der Waals surface area contributed by atoms with Gasteiger partial charge in [-0.15, -0.1) is 11.3 Å². The van der Waals surface area contributed by atoms with Gasteiger partial charge in [-0.3, -0.25) is 0 Å². The van der Waals surface area contributed by atoms with Gasteiger partial charge in [-0.1, -0.05) is 12.1 Å². The monoisotopic (exact) mass is 262 g/mol. The Morgan fingerprint density at radius 2 is 2.28 bits per heavy atom. The summed E-state index contributed by atoms with van der Waals surface area (Å²) in [7, 11) is 0. The van der Waals surface area contributed by atoms with Crippen molar-refractivity contribution in [2.45, 2.75) is 18.3 Å². The number of piperidine rings is 1. The lowest BCUT2D eigenvalue weighted by molar-refractivity contribution is 0.398. The second-order valence-corrected chi connectivity index (χ2v) is 5.39. The van der Waals surface area contributed by atoms with Crippen LogP contribution in [0.2, 0.25) is 0 Å². The molecule has 1 aromatic heterocycles. The third kappa shape index (κ3) is 2.31. The molecule has 0 amide bonds. The number of rotatable bonds is 2. The van der Waals surface area contributed by atoms with Gasteiger partial charge in [-0.25, -0.2) is 9.37 Å². The number of halogens is 1. The molecule has 1 aliphatic heterocycles. The van der Waals surface area contributed by atoms with E-state index in [0.29, 0.717) is 11.8 Å². The molecule has 0 radical (unpaired) electrons. The van der Waals surface area contributed by atoms with E-state index in [2.05, 4.69) is 15.7 Å². The second-order valence-electron chi connectivity index (χ2n) is 4.67. The van der Waals surface area contributed by atoms with E-state index in [1.165, 1.54) is 6.07 Å². The highest BCUT2D eigenvalue weighted by molar-refractivity contribution is 7.07. The van der Waals surface area contributed by atoms with E-state index < -0.39 is 0 Å². The molecule has 2 heterocycles. The minimum Gasteiger partial charge on any atom is -0.316 e. The van der Waals surface area contributed by atoms with Crippen molar-refractivity contribution >= 4 is 11.3 Å². The second kappa shape index (κ2) is 5.16. The van der Waals surface area contributed by atoms with E-state index in [1.807, 2.05) is 11.6 Å². The van der Waals surface area contributed by atoms with Crippen LogP contribution >= 0.6 is 11.3 Å². The molecule has 94 valence electrons. The zero-order chi connectivity index (χ0) is 12.4. The maximum Gasteiger partial charge on any atom is 0.123 e. The topological polar surface area (TPSA) is 24.9 Å². The first-order valence-corrected chi connectivity index (χ1v) is 7.13. The summed E-state index contributed by atoms with van der Waals surface area (Å²) >= 11 is 1.63. The summed E-state index contributed by atoms with van der Waals surface area (Å²) in [6.07, 6.45) is 1.06. The van der Waals surface area contributed by atoms with Crippen LogP contribution in [0.15, 0.2) is 35.2 Å². The molecule has 2 aromatic rings. The molecule has 2 unspecified atom stereocenters. The van der Waals surface area contributed by atoms with Crippen LogP contribution < -0.4 is 5.32 Å². The van der Waals surface area contributed by atoms with Crippen LogP contribution in [0, 0.1) is 5.82 Å². The minimum absolute atomic E-state index is 0.157. The van der Waals surface area contributed by atoms with Crippen molar-refractivity contribution in [1.82, 2.24) is 10.3 Å². The largest absolute Gasteiger partial charge is 0.316 e. The number of nitrogens with zero attached hydrogens (tertiary/aromatic N) is 1. The summed E-state index contributed by atoms with van der Waals surface area (Å²) in [5.41, 5.74) is 4.09. The summed E-state index contributed by atoms with van der Waals surface area (Å²) in [6, 6.07) is 6.95. The molecule has 3 rings (SSSR count). The summed E-state index contributed by atoms with van der Waals surface area (Å²) in [5, 5.41) is 5.51. The summed E-state index contributed by atoms with van der Waals surface area (Å²) in [4.78, 5) is 4.44. The fourth-order valence-corrected chi connectivity index (χ4v) is 3.32. The lowest BCUT2D eigenvalue weighted by Crippen LogP contribution is -2.34. The molecule has 0 bridgehead atoms. The maximum absolute atomic E-state index is 13.4. The lowest BCUT2D eigenvalue weighted by atomic mass is 9.80. The Labute approximate surface area is 110 Å². The molecule has 0 aliphatic carbocycles. The van der Waals surface area contributed by atoms with Crippen LogP contribution in [0.1, 0.15) is 29.5 Å². The van der Waals surface area contributed by atoms with Gasteiger partial charge in [0, 0.05) is 23.8 Å². The molecule has 1 N–H and O–H groups in total. The Bertz CT molecular complexity index is 512. The molecule has 18 heavy (non-hydrogen) atoms. The van der Waals surface area contributed by atoms with Gasteiger partial charge in [-0.05, 0) is 30.7 Å². The minimum atomic E-state index is -0.157. The Morgan fingerprint density at radius 3 is 3.06 bits per heavy atom. The zero-order valence-corrected chi connectivity index (χ0v) is 10.8. The van der Waals surface area contributed by atoms with Gasteiger partial charge in [0.2, 0.25) is 0 Å². The molecule has 2 nitrogen and oxygen atoms in total. The van der Waals surface area contributed by atoms with Gasteiger partial charge in [0.25, 0.3) is 0 Å². The fourth-order valence-electron chi connectivity index (χ4n) is 2.70. The van der Waals surface area contributed by atoms with Crippen LogP contribution in [-0.4, -0.2) is 18.1 Å². The molecule has 2 atom stereocenters. The first-order chi connectivity index (χ1) is 8.84. The van der Waals surface area contributed by atoms with Gasteiger partial charge in [0.1, 0.15) is 5.82 Å². The maximum atomic E-state index is 13.4. The smallest absolute Gasteiger partial charge is 0.123 e. The van der Waals surface area contributed by atoms with Gasteiger partial charge in [0.05, 0.1) is 11.2 Å². The van der Waals surface area contributed by atoms with Crippen molar-refractivity contribution in [2.75, 3.05) is 13.1 Å². The number of hydrogen-bond acceptors (Lipinski definition) is 3. The SMILES string of the molecule is Fc1cccc(C2CNCCC2c2cscn2)c1. The van der Waals surface area contributed by atoms with E-state index in [9.17, 15) is 4.39 Å². The van der Waals surface area contributed by atoms with Crippen molar-refractivity contribution in [3.8, 4) is 0 Å². The van der Waals surface area contributed by atoms with Crippen LogP contribution in [-0.2, 0) is 0 Å². The molecule has 0 saturated carbocycles. The van der Waals surface area contributed by atoms with Crippen molar-refractivity contribution < 1.29 is 4.39 Å². The molecular weight excluding hydrogens is 247 g/mol. The highest BCUT2D eigenvalue weighted by atomic mass is 32.1. The Balaban J connectivity index is 1.93. The third-order valence-electron chi connectivity index (χ3n) is 3.59. The molecule has 4 heteroatoms. The standard InChI is InChI=1S/C14H15FN2S/c15-11-3-1-2-10(6-11)13-7-16-5-4-12(13)14-8-18-9-17-14/h1-3,6,8-9,12-13,16H,4-5,7H2. The van der Waals surface area contributed by atoms with Crippen LogP contribution in [0.3, 0.4) is 0 Å². The first kappa shape index (κ1) is 11.8. The Morgan fingerprint density at radius 1 is 1.33 bits per heavy atom. The summed E-state index contributed by atoms with van der Waals surface area (Å²) < 4.78 is 13.4. The van der Waals surface area contributed by atoms with Crippen molar-refractivity contribution in [3.05, 3.63) is 52.2 Å². The van der Waals surface area contributed by atoms with Crippen molar-refractivity contribution in [1.29, 1.82) is 0 Å². The van der Waals surface area contributed by atoms with Gasteiger partial charge in [-0.2, -0.15) is 0 Å². The Hall–Kier alpha value is -1.26. The third-order valence-corrected chi connectivity index (χ3v) is 4.19. The molecule has 1 fully saturated rings. The number of thiazole rings is 1. The molecule has 1 aliphatic rings. The van der Waals surface area contributed by atoms with E-state index in [4.69, 9.17) is 0 Å². The average Bonchev–Trinajstić information content (AvgIpc) is 2.92. The normalized spacial score (nSPS) is 24.1. The van der Waals surface area contributed by atoms with Crippen LogP contribution in [0.25, 0.3) is 0 Å². The van der Waals surface area contributed by atoms with E-state index in [0.717, 1.165) is 30.8 Å². The van der Waals surface area contributed by atoms with Crippen LogP contribution in [0.5, 0.6) is 0 Å². The predicted molar refractivity (Wildman–Crippen MR) is 71.5 cm³/mol. The van der Waals surface area contributed by atoms with Crippen molar-refractivity contribution in [2.24, 2.45) is 0 Å². The van der Waals surface area contributed by atoms with Gasteiger partial charge < -0.3 is 5.32 Å². The molecular formula is C14H15FN2S. The molecule has 1 aromatic carbocycles. The predicted octanol–water partition coefficient (Wildman–Crippen LogP) is 3.14. The van der Waals surface area contributed by atoms with Crippen LogP contribution in [0.4, 0.5) is 4.39 Å². The quantitative estimate of drug-likeness (QED) is 0.899. The Kier molecular flexibility index (Phi) is 3.39. The van der Waals surface area contributed by atoms with E-state index in [1.54, 1.807) is 23.5 Å². The number of benzene rings is 1. The number of aromatic nitrogens is 1. The number of hydrogen-bond donors (Lipinski definition) is 1. The lowest BCUT2D eigenvalue weighted by Gasteiger charge is -2.31. The molecule has 1 saturated heterocycles. The summed E-state index contributed by atoms with van der Waals surface area (Å²) in [6.45, 7) is 1.90. The highest BCUT2D eigenvalue weighted by Gasteiger charge is 2.29. The molecule has 0 spiro atoms. The van der Waals surface area contributed by atoms with E-state index >= 15 is 0 Å². The number of nitrogens with one attached hydrogen (secondary N) is 1. The fraction of sp³-hybridized carbons (Fsp3) is 0.357. The first-order valence-electron chi connectivity index (χ1n) is 6.19. The highest BCUT2D eigenvalue weighted by Crippen LogP contribution is 2.37. The zero-order valence-electron chi connectivity index (χ0n) is 9.97.